The van der Waals surface area contributed by atoms with Crippen molar-refractivity contribution < 1.29 is 38.4 Å². The van der Waals surface area contributed by atoms with Gasteiger partial charge in [-0.25, -0.2) is 9.37 Å². The molecule has 0 fully saturated rings. The van der Waals surface area contributed by atoms with Crippen LogP contribution in [-0.2, 0) is 10.4 Å². The molecule has 10 heteroatoms. The Bertz CT molecular complexity index is 1330. The highest BCUT2D eigenvalue weighted by Crippen LogP contribution is 2.34. The average Bonchev–Trinajstić information content (AvgIpc) is 2.94. The molecule has 9 nitrogen and oxygen atoms in total. The number of carbonyl (C=O) groups is 2. The Balaban J connectivity index is 1.92. The lowest BCUT2D eigenvalue weighted by atomic mass is 9.90. The Morgan fingerprint density at radius 3 is 2.38 bits per heavy atom. The van der Waals surface area contributed by atoms with E-state index in [2.05, 4.69) is 10.3 Å². The molecular weight excluding hydrogens is 507 g/mol. The van der Waals surface area contributed by atoms with Gasteiger partial charge in [-0.2, -0.15) is 0 Å². The number of hydrogen-bond acceptors (Lipinski definition) is 8. The van der Waals surface area contributed by atoms with Gasteiger partial charge in [0.15, 0.2) is 17.3 Å². The van der Waals surface area contributed by atoms with Gasteiger partial charge in [0.2, 0.25) is 5.91 Å². The van der Waals surface area contributed by atoms with Gasteiger partial charge in [0.05, 0.1) is 33.1 Å². The van der Waals surface area contributed by atoms with Crippen LogP contribution in [-0.4, -0.2) is 60.9 Å². The van der Waals surface area contributed by atoms with E-state index in [9.17, 15) is 19.1 Å². The minimum atomic E-state index is -1.70. The van der Waals surface area contributed by atoms with Crippen LogP contribution in [0.4, 0.5) is 4.39 Å². The van der Waals surface area contributed by atoms with Gasteiger partial charge in [-0.1, -0.05) is 0 Å². The molecule has 0 spiro atoms. The average molecular weight is 541 g/mol. The molecule has 1 heterocycles. The summed E-state index contributed by atoms with van der Waals surface area (Å²) in [7, 11) is 2.92. The summed E-state index contributed by atoms with van der Waals surface area (Å²) in [6.07, 6.45) is -0.132. The number of Topliss-reactive ketones (excluding diaryl/α,β-unsaturated/α-hetero) is 1. The second-order valence-electron chi connectivity index (χ2n) is 9.01. The zero-order valence-corrected chi connectivity index (χ0v) is 22.4. The van der Waals surface area contributed by atoms with E-state index >= 15 is 0 Å². The molecule has 3 rings (SSSR count). The second kappa shape index (κ2) is 13.2. The first-order valence-electron chi connectivity index (χ1n) is 12.4. The van der Waals surface area contributed by atoms with Crippen LogP contribution < -0.4 is 19.5 Å². The molecule has 0 saturated carbocycles. The Hall–Kier alpha value is -4.02. The van der Waals surface area contributed by atoms with E-state index in [-0.39, 0.29) is 55.8 Å². The van der Waals surface area contributed by atoms with E-state index in [0.717, 1.165) is 0 Å². The highest BCUT2D eigenvalue weighted by molar-refractivity contribution is 5.96. The van der Waals surface area contributed by atoms with Crippen LogP contribution in [0.15, 0.2) is 48.5 Å². The number of rotatable bonds is 13. The van der Waals surface area contributed by atoms with Crippen LogP contribution >= 0.6 is 0 Å². The minimum absolute atomic E-state index is 0.0571. The highest BCUT2D eigenvalue weighted by atomic mass is 19.1. The standard InChI is InChI=1S/C29H33FN2O7/c1-18-15-21(5-7-22(18)30)28-25(37-3)9-10-27(32-28)29(36,17-31-19(2)34)12-11-23(35)20-6-8-24(39-14-13-33)26(16-20)38-4/h5-10,15-16,33,36H,11-14,17H2,1-4H3,(H,31,34). The van der Waals surface area contributed by atoms with Crippen LogP contribution in [0.1, 0.15) is 41.4 Å². The second-order valence-corrected chi connectivity index (χ2v) is 9.01. The molecule has 1 amide bonds. The quantitative estimate of drug-likeness (QED) is 0.281. The Morgan fingerprint density at radius 2 is 1.74 bits per heavy atom. The van der Waals surface area contributed by atoms with Gasteiger partial charge in [0.1, 0.15) is 29.5 Å². The summed E-state index contributed by atoms with van der Waals surface area (Å²) in [5.41, 5.74) is 0.243. The SMILES string of the molecule is COc1cc(C(=O)CCC(O)(CNC(C)=O)c2ccc(OC)c(-c3ccc(F)c(C)c3)n2)ccc1OCCO. The van der Waals surface area contributed by atoms with Crippen LogP contribution in [0.2, 0.25) is 0 Å². The monoisotopic (exact) mass is 540 g/mol. The number of carbonyl (C=O) groups excluding carboxylic acids is 2. The first-order chi connectivity index (χ1) is 18.6. The first kappa shape index (κ1) is 29.5. The lowest BCUT2D eigenvalue weighted by molar-refractivity contribution is -0.120. The van der Waals surface area contributed by atoms with Gasteiger partial charge in [0, 0.05) is 24.5 Å². The van der Waals surface area contributed by atoms with Gasteiger partial charge < -0.3 is 29.7 Å². The third kappa shape index (κ3) is 7.30. The molecule has 0 saturated heterocycles. The number of ether oxygens (including phenoxy) is 3. The summed E-state index contributed by atoms with van der Waals surface area (Å²) in [5, 5.41) is 23.3. The van der Waals surface area contributed by atoms with E-state index in [1.54, 1.807) is 43.3 Å². The number of aryl methyl sites for hydroxylation is 1. The van der Waals surface area contributed by atoms with Crippen molar-refractivity contribution in [2.45, 2.75) is 32.3 Å². The highest BCUT2D eigenvalue weighted by Gasteiger charge is 2.33. The van der Waals surface area contributed by atoms with E-state index in [1.165, 1.54) is 33.3 Å². The van der Waals surface area contributed by atoms with Gasteiger partial charge in [-0.3, -0.25) is 9.59 Å². The molecule has 1 aromatic heterocycles. The molecule has 0 bridgehead atoms. The van der Waals surface area contributed by atoms with Crippen LogP contribution in [0.25, 0.3) is 11.3 Å². The number of amides is 1. The molecule has 0 aliphatic carbocycles. The molecule has 208 valence electrons. The first-order valence-corrected chi connectivity index (χ1v) is 12.4. The predicted molar refractivity (Wildman–Crippen MR) is 143 cm³/mol. The fraction of sp³-hybridized carbons (Fsp3) is 0.345. The van der Waals surface area contributed by atoms with Gasteiger partial charge in [0.25, 0.3) is 0 Å². The fourth-order valence-electron chi connectivity index (χ4n) is 4.03. The summed E-state index contributed by atoms with van der Waals surface area (Å²) >= 11 is 0. The molecule has 2 aromatic carbocycles. The molecule has 3 N–H and O–H groups in total. The number of hydrogen-bond donors (Lipinski definition) is 3. The third-order valence-corrected chi connectivity index (χ3v) is 6.22. The molecular formula is C29H33FN2O7. The molecule has 1 unspecified atom stereocenters. The zero-order chi connectivity index (χ0) is 28.6. The molecule has 39 heavy (non-hydrogen) atoms. The van der Waals surface area contributed by atoms with Crippen molar-refractivity contribution in [1.29, 1.82) is 0 Å². The lowest BCUT2D eigenvalue weighted by Crippen LogP contribution is -2.41. The van der Waals surface area contributed by atoms with E-state index < -0.39 is 5.60 Å². The number of aromatic nitrogens is 1. The molecule has 3 aromatic rings. The maximum absolute atomic E-state index is 13.9. The zero-order valence-electron chi connectivity index (χ0n) is 22.4. The number of benzene rings is 2. The number of nitrogens with one attached hydrogen (secondary N) is 1. The number of aliphatic hydroxyl groups excluding tert-OH is 1. The van der Waals surface area contributed by atoms with Crippen molar-refractivity contribution in [3.63, 3.8) is 0 Å². The molecule has 1 atom stereocenters. The van der Waals surface area contributed by atoms with E-state index in [1.807, 2.05) is 0 Å². The third-order valence-electron chi connectivity index (χ3n) is 6.22. The maximum Gasteiger partial charge on any atom is 0.216 e. The maximum atomic E-state index is 13.9. The summed E-state index contributed by atoms with van der Waals surface area (Å²) in [4.78, 5) is 29.4. The Labute approximate surface area is 226 Å². The topological polar surface area (TPSA) is 127 Å². The van der Waals surface area contributed by atoms with Crippen LogP contribution in [0.5, 0.6) is 17.2 Å². The van der Waals surface area contributed by atoms with Gasteiger partial charge >= 0.3 is 0 Å². The van der Waals surface area contributed by atoms with Crippen molar-refractivity contribution in [1.82, 2.24) is 10.3 Å². The summed E-state index contributed by atoms with van der Waals surface area (Å²) in [6, 6.07) is 12.4. The predicted octanol–water partition coefficient (Wildman–Crippen LogP) is 3.57. The Morgan fingerprint density at radius 1 is 1.03 bits per heavy atom. The van der Waals surface area contributed by atoms with Crippen molar-refractivity contribution in [3.8, 4) is 28.5 Å². The fourth-order valence-corrected chi connectivity index (χ4v) is 4.03. The smallest absolute Gasteiger partial charge is 0.216 e. The number of aliphatic hydroxyl groups is 2. The van der Waals surface area contributed by atoms with Gasteiger partial charge in [-0.15, -0.1) is 0 Å². The van der Waals surface area contributed by atoms with Crippen LogP contribution in [0, 0.1) is 12.7 Å². The number of pyridine rings is 1. The summed E-state index contributed by atoms with van der Waals surface area (Å²) in [6.45, 7) is 2.68. The lowest BCUT2D eigenvalue weighted by Gasteiger charge is -2.28. The van der Waals surface area contributed by atoms with Crippen molar-refractivity contribution >= 4 is 11.7 Å². The molecule has 0 radical (unpaired) electrons. The number of methoxy groups -OCH3 is 2. The molecule has 0 aliphatic heterocycles. The Kier molecular flexibility index (Phi) is 9.97. The van der Waals surface area contributed by atoms with Crippen molar-refractivity contribution in [2.75, 3.05) is 34.0 Å². The number of ketones is 1. The summed E-state index contributed by atoms with van der Waals surface area (Å²) in [5.74, 6) is 0.143. The largest absolute Gasteiger partial charge is 0.494 e. The van der Waals surface area contributed by atoms with E-state index in [0.29, 0.717) is 39.6 Å². The normalized spacial score (nSPS) is 12.4. The van der Waals surface area contributed by atoms with Gasteiger partial charge in [-0.05, 0) is 67.4 Å². The van der Waals surface area contributed by atoms with Crippen LogP contribution in [0.3, 0.4) is 0 Å². The minimum Gasteiger partial charge on any atom is -0.494 e. The number of nitrogens with zero attached hydrogens (tertiary/aromatic N) is 1. The molecule has 0 aliphatic rings. The van der Waals surface area contributed by atoms with Crippen molar-refractivity contribution in [2.24, 2.45) is 0 Å². The van der Waals surface area contributed by atoms with Crippen molar-refractivity contribution in [3.05, 3.63) is 71.2 Å². The summed E-state index contributed by atoms with van der Waals surface area (Å²) < 4.78 is 30.1. The number of halogens is 1. The van der Waals surface area contributed by atoms with E-state index in [4.69, 9.17) is 19.3 Å².